The number of rotatable bonds is 4. The van der Waals surface area contributed by atoms with Crippen LogP contribution in [0.4, 0.5) is 0 Å². The number of primary amides is 1. The van der Waals surface area contributed by atoms with Gasteiger partial charge in [-0.05, 0) is 32.9 Å². The molecule has 11 nitrogen and oxygen atoms in total. The first-order valence-electron chi connectivity index (χ1n) is 8.88. The molecule has 2 aliphatic rings. The minimum absolute atomic E-state index is 0.0330. The van der Waals surface area contributed by atoms with Crippen molar-refractivity contribution in [1.82, 2.24) is 24.8 Å². The first-order chi connectivity index (χ1) is 13.0. The molecule has 0 aromatic carbocycles. The molecule has 3 heterocycles. The van der Waals surface area contributed by atoms with Crippen molar-refractivity contribution in [3.63, 3.8) is 0 Å². The van der Waals surface area contributed by atoms with Crippen molar-refractivity contribution in [3.8, 4) is 0 Å². The van der Waals surface area contributed by atoms with Crippen LogP contribution < -0.4 is 5.73 Å². The van der Waals surface area contributed by atoms with Crippen LogP contribution in [0.5, 0.6) is 0 Å². The molecule has 11 heteroatoms. The van der Waals surface area contributed by atoms with Gasteiger partial charge in [-0.15, -0.1) is 0 Å². The number of aromatic nitrogens is 2. The molecule has 0 saturated carbocycles. The molecule has 1 aromatic rings. The van der Waals surface area contributed by atoms with Gasteiger partial charge in [0.15, 0.2) is 0 Å². The van der Waals surface area contributed by atoms with Gasteiger partial charge in [0, 0.05) is 26.2 Å². The van der Waals surface area contributed by atoms with E-state index in [4.69, 9.17) is 20.2 Å². The number of likely N-dealkylation sites (tertiary alicyclic amines) is 1. The zero-order chi connectivity index (χ0) is 19.8. The van der Waals surface area contributed by atoms with Gasteiger partial charge in [-0.2, -0.15) is 4.98 Å². The molecule has 2 aliphatic heterocycles. The number of hydrogen-bond donors (Lipinski definition) is 2. The predicted octanol–water partition coefficient (Wildman–Crippen LogP) is -1.00. The highest BCUT2D eigenvalue weighted by Crippen LogP contribution is 2.18. The number of nitrogens with two attached hydrogens (primary N) is 1. The van der Waals surface area contributed by atoms with Crippen LogP contribution in [0, 0.1) is 0 Å². The van der Waals surface area contributed by atoms with Gasteiger partial charge in [-0.25, -0.2) is 0 Å². The van der Waals surface area contributed by atoms with Crippen molar-refractivity contribution in [3.05, 3.63) is 11.7 Å². The van der Waals surface area contributed by atoms with E-state index in [2.05, 4.69) is 19.9 Å². The molecule has 3 N–H and O–H groups in total. The molecule has 0 unspecified atom stereocenters. The first-order valence-corrected chi connectivity index (χ1v) is 8.88. The Morgan fingerprint density at radius 3 is 2.59 bits per heavy atom. The third kappa shape index (κ3) is 5.73. The molecule has 1 atom stereocenters. The molecule has 1 aromatic heterocycles. The quantitative estimate of drug-likeness (QED) is 0.626. The summed E-state index contributed by atoms with van der Waals surface area (Å²) in [6, 6.07) is 0.0330. The SMILES string of the molecule is CN1CCC[C@H]1C(=O)N1CCCN(Cc2nc(C(N)=O)no2)CC1.O=CO. The first kappa shape index (κ1) is 20.8. The van der Waals surface area contributed by atoms with Gasteiger partial charge in [0.05, 0.1) is 12.6 Å². The zero-order valence-electron chi connectivity index (χ0n) is 15.4. The standard InChI is InChI=1S/C15H24N6O3.CH2O2/c1-19-5-2-4-11(19)15(23)21-7-3-6-20(8-9-21)10-12-17-14(13(16)22)18-24-12;2-1-3/h11H,2-10H2,1H3,(H2,16,22);1H,(H,2,3)/t11-;/m0./s1. The number of likely N-dealkylation sites (N-methyl/N-ethyl adjacent to an activating group) is 1. The van der Waals surface area contributed by atoms with Crippen molar-refractivity contribution < 1.29 is 24.0 Å². The lowest BCUT2D eigenvalue weighted by atomic mass is 10.2. The highest BCUT2D eigenvalue weighted by Gasteiger charge is 2.32. The summed E-state index contributed by atoms with van der Waals surface area (Å²) in [7, 11) is 2.02. The molecule has 0 aliphatic carbocycles. The van der Waals surface area contributed by atoms with Gasteiger partial charge in [-0.1, -0.05) is 5.16 Å². The van der Waals surface area contributed by atoms with Crippen LogP contribution >= 0.6 is 0 Å². The number of carbonyl (C=O) groups excluding carboxylic acids is 2. The van der Waals surface area contributed by atoms with E-state index in [1.54, 1.807) is 0 Å². The Morgan fingerprint density at radius 1 is 1.26 bits per heavy atom. The van der Waals surface area contributed by atoms with E-state index in [1.165, 1.54) is 0 Å². The molecule has 2 fully saturated rings. The van der Waals surface area contributed by atoms with E-state index >= 15 is 0 Å². The number of carboxylic acid groups (broad SMARTS) is 1. The van der Waals surface area contributed by atoms with Crippen LogP contribution in [0.1, 0.15) is 35.8 Å². The zero-order valence-corrected chi connectivity index (χ0v) is 15.4. The smallest absolute Gasteiger partial charge is 0.290 e. The summed E-state index contributed by atoms with van der Waals surface area (Å²) >= 11 is 0. The Bertz CT molecular complexity index is 651. The minimum Gasteiger partial charge on any atom is -0.483 e. The Hall–Kier alpha value is -2.53. The van der Waals surface area contributed by atoms with Crippen molar-refractivity contribution >= 4 is 18.3 Å². The van der Waals surface area contributed by atoms with E-state index < -0.39 is 5.91 Å². The second kappa shape index (κ2) is 9.97. The highest BCUT2D eigenvalue weighted by atomic mass is 16.5. The van der Waals surface area contributed by atoms with Crippen LogP contribution in [0.3, 0.4) is 0 Å². The minimum atomic E-state index is -0.696. The van der Waals surface area contributed by atoms with E-state index in [1.807, 2.05) is 11.9 Å². The van der Waals surface area contributed by atoms with Crippen molar-refractivity contribution in [2.45, 2.75) is 31.8 Å². The summed E-state index contributed by atoms with van der Waals surface area (Å²) in [5.74, 6) is -0.177. The molecule has 0 radical (unpaired) electrons. The van der Waals surface area contributed by atoms with Crippen LogP contribution in [0.25, 0.3) is 0 Å². The maximum Gasteiger partial charge on any atom is 0.290 e. The summed E-state index contributed by atoms with van der Waals surface area (Å²) in [4.78, 5) is 42.3. The average Bonchev–Trinajstić information content (AvgIpc) is 3.20. The van der Waals surface area contributed by atoms with Gasteiger partial charge in [0.2, 0.25) is 11.8 Å². The fourth-order valence-corrected chi connectivity index (χ4v) is 3.39. The van der Waals surface area contributed by atoms with Gasteiger partial charge in [0.1, 0.15) is 0 Å². The fourth-order valence-electron chi connectivity index (χ4n) is 3.39. The van der Waals surface area contributed by atoms with Crippen LogP contribution in [0.2, 0.25) is 0 Å². The molecule has 3 rings (SSSR count). The largest absolute Gasteiger partial charge is 0.483 e. The van der Waals surface area contributed by atoms with Gasteiger partial charge in [0.25, 0.3) is 18.2 Å². The van der Waals surface area contributed by atoms with Crippen LogP contribution in [0.15, 0.2) is 4.52 Å². The van der Waals surface area contributed by atoms with E-state index in [0.29, 0.717) is 19.0 Å². The average molecular weight is 382 g/mol. The van der Waals surface area contributed by atoms with Gasteiger partial charge in [-0.3, -0.25) is 24.2 Å². The highest BCUT2D eigenvalue weighted by molar-refractivity contribution is 5.88. The normalized spacial score (nSPS) is 21.2. The van der Waals surface area contributed by atoms with Crippen LogP contribution in [-0.2, 0) is 16.1 Å². The molecular weight excluding hydrogens is 356 g/mol. The monoisotopic (exact) mass is 382 g/mol. The lowest BCUT2D eigenvalue weighted by Crippen LogP contribution is -2.45. The molecule has 0 bridgehead atoms. The number of hydrogen-bond acceptors (Lipinski definition) is 8. The molecular formula is C16H26N6O5. The Balaban J connectivity index is 0.000000817. The van der Waals surface area contributed by atoms with Crippen LogP contribution in [-0.4, -0.2) is 94.0 Å². The molecule has 0 spiro atoms. The molecule has 2 saturated heterocycles. The lowest BCUT2D eigenvalue weighted by molar-refractivity contribution is -0.135. The third-order valence-electron chi connectivity index (χ3n) is 4.75. The van der Waals surface area contributed by atoms with E-state index in [0.717, 1.165) is 45.4 Å². The second-order valence-electron chi connectivity index (χ2n) is 6.58. The summed E-state index contributed by atoms with van der Waals surface area (Å²) in [5, 5.41) is 10.4. The lowest BCUT2D eigenvalue weighted by Gasteiger charge is -2.27. The van der Waals surface area contributed by atoms with E-state index in [9.17, 15) is 9.59 Å². The number of amides is 2. The third-order valence-corrected chi connectivity index (χ3v) is 4.75. The Kier molecular flexibility index (Phi) is 7.67. The Labute approximate surface area is 157 Å². The summed E-state index contributed by atoms with van der Waals surface area (Å²) < 4.78 is 5.05. The summed E-state index contributed by atoms with van der Waals surface area (Å²) in [6.45, 7) is 4.27. The summed E-state index contributed by atoms with van der Waals surface area (Å²) in [6.07, 6.45) is 2.94. The number of carbonyl (C=O) groups is 3. The second-order valence-corrected chi connectivity index (χ2v) is 6.58. The Morgan fingerprint density at radius 2 is 2.00 bits per heavy atom. The number of nitrogens with zero attached hydrogens (tertiary/aromatic N) is 5. The van der Waals surface area contributed by atoms with Gasteiger partial charge >= 0.3 is 0 Å². The van der Waals surface area contributed by atoms with Crippen molar-refractivity contribution in [2.24, 2.45) is 5.73 Å². The van der Waals surface area contributed by atoms with E-state index in [-0.39, 0.29) is 24.2 Å². The fraction of sp³-hybridized carbons (Fsp3) is 0.688. The maximum atomic E-state index is 12.7. The maximum absolute atomic E-state index is 12.7. The van der Waals surface area contributed by atoms with Crippen molar-refractivity contribution in [1.29, 1.82) is 0 Å². The van der Waals surface area contributed by atoms with Gasteiger partial charge < -0.3 is 20.3 Å². The molecule has 27 heavy (non-hydrogen) atoms. The molecule has 2 amide bonds. The molecule has 150 valence electrons. The van der Waals surface area contributed by atoms with Crippen molar-refractivity contribution in [2.75, 3.05) is 39.8 Å². The topological polar surface area (TPSA) is 146 Å². The predicted molar refractivity (Wildman–Crippen MR) is 93.6 cm³/mol. The summed E-state index contributed by atoms with van der Waals surface area (Å²) in [5.41, 5.74) is 5.12.